The summed E-state index contributed by atoms with van der Waals surface area (Å²) in [7, 11) is -4.05. The molecule has 7 heteroatoms. The number of sulfonamides is 1. The maximum atomic E-state index is 13.8. The highest BCUT2D eigenvalue weighted by molar-refractivity contribution is 7.89. The van der Waals surface area contributed by atoms with Crippen LogP contribution in [-0.4, -0.2) is 42.6 Å². The summed E-state index contributed by atoms with van der Waals surface area (Å²) < 4.78 is 34.1. The van der Waals surface area contributed by atoms with Crippen molar-refractivity contribution >= 4 is 16.0 Å². The van der Waals surface area contributed by atoms with E-state index in [1.54, 1.807) is 37.3 Å². The summed E-state index contributed by atoms with van der Waals surface area (Å²) in [6.45, 7) is 7.34. The van der Waals surface area contributed by atoms with E-state index in [1.165, 1.54) is 4.31 Å². The Balaban J connectivity index is 2.16. The molecule has 1 heterocycles. The van der Waals surface area contributed by atoms with Crippen LogP contribution in [0.2, 0.25) is 0 Å². The third-order valence-corrected chi connectivity index (χ3v) is 7.60. The van der Waals surface area contributed by atoms with Gasteiger partial charge in [0.05, 0.1) is 23.6 Å². The number of aliphatic hydroxyl groups is 1. The zero-order valence-corrected chi connectivity index (χ0v) is 18.7. The van der Waals surface area contributed by atoms with E-state index in [-0.39, 0.29) is 17.9 Å². The number of benzene rings is 2. The van der Waals surface area contributed by atoms with Gasteiger partial charge in [-0.05, 0) is 44.4 Å². The van der Waals surface area contributed by atoms with Gasteiger partial charge in [-0.1, -0.05) is 54.1 Å². The Hall–Kier alpha value is -2.48. The van der Waals surface area contributed by atoms with Crippen LogP contribution in [0.5, 0.6) is 0 Å². The number of hydrogen-bond acceptors (Lipinski definition) is 5. The second kappa shape index (κ2) is 9.77. The van der Waals surface area contributed by atoms with E-state index in [0.717, 1.165) is 11.1 Å². The lowest BCUT2D eigenvalue weighted by atomic mass is 9.89. The highest BCUT2D eigenvalue weighted by Crippen LogP contribution is 2.45. The maximum absolute atomic E-state index is 13.8. The minimum Gasteiger partial charge on any atom is -0.465 e. The van der Waals surface area contributed by atoms with Gasteiger partial charge in [-0.15, -0.1) is 6.58 Å². The average Bonchev–Trinajstić information content (AvgIpc) is 3.17. The summed E-state index contributed by atoms with van der Waals surface area (Å²) >= 11 is 0. The SMILES string of the molecule is C=CC[C@@H](O)[C@@H]1C[C@@H](c2ccccc2)N(S(=O)(=O)c2ccc(C)cc2)[C@H]1C(=O)OCC. The smallest absolute Gasteiger partial charge is 0.324 e. The molecule has 0 aromatic heterocycles. The zero-order chi connectivity index (χ0) is 22.6. The van der Waals surface area contributed by atoms with Gasteiger partial charge in [0.15, 0.2) is 0 Å². The van der Waals surface area contributed by atoms with Gasteiger partial charge >= 0.3 is 5.97 Å². The minimum atomic E-state index is -4.05. The fourth-order valence-electron chi connectivity index (χ4n) is 4.20. The van der Waals surface area contributed by atoms with Crippen LogP contribution < -0.4 is 0 Å². The van der Waals surface area contributed by atoms with Crippen LogP contribution in [-0.2, 0) is 19.6 Å². The topological polar surface area (TPSA) is 83.9 Å². The Morgan fingerprint density at radius 1 is 1.23 bits per heavy atom. The van der Waals surface area contributed by atoms with E-state index in [2.05, 4.69) is 6.58 Å². The van der Waals surface area contributed by atoms with Crippen molar-refractivity contribution in [2.45, 2.75) is 49.8 Å². The van der Waals surface area contributed by atoms with E-state index in [0.29, 0.717) is 6.42 Å². The highest BCUT2D eigenvalue weighted by Gasteiger charge is 2.54. The van der Waals surface area contributed by atoms with Crippen LogP contribution in [0.25, 0.3) is 0 Å². The normalized spacial score (nSPS) is 22.7. The van der Waals surface area contributed by atoms with Gasteiger partial charge in [-0.2, -0.15) is 4.31 Å². The first kappa shape index (κ1) is 23.2. The van der Waals surface area contributed by atoms with Crippen molar-refractivity contribution in [3.63, 3.8) is 0 Å². The molecule has 1 saturated heterocycles. The summed E-state index contributed by atoms with van der Waals surface area (Å²) in [6.07, 6.45) is 1.20. The number of ether oxygens (including phenoxy) is 1. The molecule has 0 spiro atoms. The lowest BCUT2D eigenvalue weighted by molar-refractivity contribution is -0.149. The van der Waals surface area contributed by atoms with Crippen LogP contribution in [0.4, 0.5) is 0 Å². The average molecular weight is 444 g/mol. The number of aryl methyl sites for hydroxylation is 1. The first-order chi connectivity index (χ1) is 14.8. The number of esters is 1. The van der Waals surface area contributed by atoms with Crippen LogP contribution in [0.15, 0.2) is 72.1 Å². The van der Waals surface area contributed by atoms with Crippen molar-refractivity contribution in [2.75, 3.05) is 6.61 Å². The van der Waals surface area contributed by atoms with Gasteiger partial charge in [-0.3, -0.25) is 4.79 Å². The minimum absolute atomic E-state index is 0.104. The first-order valence-corrected chi connectivity index (χ1v) is 11.9. The number of carbonyl (C=O) groups excluding carboxylic acids is 1. The lowest BCUT2D eigenvalue weighted by Crippen LogP contribution is -2.47. The highest BCUT2D eigenvalue weighted by atomic mass is 32.2. The summed E-state index contributed by atoms with van der Waals surface area (Å²) in [4.78, 5) is 13.1. The number of rotatable bonds is 8. The monoisotopic (exact) mass is 443 g/mol. The molecule has 3 rings (SSSR count). The van der Waals surface area contributed by atoms with Crippen molar-refractivity contribution in [3.05, 3.63) is 78.4 Å². The van der Waals surface area contributed by atoms with Crippen LogP contribution in [0, 0.1) is 12.8 Å². The summed E-state index contributed by atoms with van der Waals surface area (Å²) in [5, 5.41) is 10.8. The third kappa shape index (κ3) is 4.74. The molecule has 0 saturated carbocycles. The molecule has 6 nitrogen and oxygen atoms in total. The number of aliphatic hydroxyl groups excluding tert-OH is 1. The molecule has 2 aromatic rings. The molecule has 1 fully saturated rings. The third-order valence-electron chi connectivity index (χ3n) is 5.69. The first-order valence-electron chi connectivity index (χ1n) is 10.4. The molecule has 31 heavy (non-hydrogen) atoms. The lowest BCUT2D eigenvalue weighted by Gasteiger charge is -2.30. The summed E-state index contributed by atoms with van der Waals surface area (Å²) in [5.74, 6) is -1.27. The van der Waals surface area contributed by atoms with Crippen molar-refractivity contribution in [1.82, 2.24) is 4.31 Å². The number of hydrogen-bond donors (Lipinski definition) is 1. The predicted octanol–water partition coefficient (Wildman–Crippen LogP) is 3.62. The number of nitrogens with zero attached hydrogens (tertiary/aromatic N) is 1. The van der Waals surface area contributed by atoms with Gasteiger partial charge in [0.1, 0.15) is 6.04 Å². The van der Waals surface area contributed by atoms with Crippen molar-refractivity contribution < 1.29 is 23.1 Å². The molecule has 1 aliphatic rings. The van der Waals surface area contributed by atoms with Crippen molar-refractivity contribution in [3.8, 4) is 0 Å². The molecule has 0 aliphatic carbocycles. The predicted molar refractivity (Wildman–Crippen MR) is 119 cm³/mol. The Kier molecular flexibility index (Phi) is 7.30. The molecule has 4 atom stereocenters. The van der Waals surface area contributed by atoms with Crippen molar-refractivity contribution in [2.24, 2.45) is 5.92 Å². The Bertz CT molecular complexity index is 1000. The van der Waals surface area contributed by atoms with Gasteiger partial charge in [0, 0.05) is 5.92 Å². The van der Waals surface area contributed by atoms with Crippen molar-refractivity contribution in [1.29, 1.82) is 0 Å². The van der Waals surface area contributed by atoms with Gasteiger partial charge in [0.2, 0.25) is 10.0 Å². The molecule has 1 N–H and O–H groups in total. The van der Waals surface area contributed by atoms with Gasteiger partial charge in [-0.25, -0.2) is 8.42 Å². The molecular formula is C24H29NO5S. The fourth-order valence-corrected chi connectivity index (χ4v) is 6.01. The van der Waals surface area contributed by atoms with Crippen LogP contribution >= 0.6 is 0 Å². The fraction of sp³-hybridized carbons (Fsp3) is 0.375. The van der Waals surface area contributed by atoms with Crippen LogP contribution in [0.3, 0.4) is 0 Å². The van der Waals surface area contributed by atoms with E-state index in [1.807, 2.05) is 37.3 Å². The molecular weight excluding hydrogens is 414 g/mol. The standard InChI is InChI=1S/C24H29NO5S/c1-4-9-22(26)20-16-21(18-10-7-6-8-11-18)25(23(20)24(27)30-5-2)31(28,29)19-14-12-17(3)13-15-19/h4,6-8,10-15,20-23,26H,1,5,9,16H2,2-3H3/t20-,21-,22+,23+/m0/s1. The van der Waals surface area contributed by atoms with E-state index in [9.17, 15) is 18.3 Å². The van der Waals surface area contributed by atoms with Crippen LogP contribution in [0.1, 0.15) is 36.9 Å². The van der Waals surface area contributed by atoms with E-state index in [4.69, 9.17) is 4.74 Å². The van der Waals surface area contributed by atoms with Gasteiger partial charge < -0.3 is 9.84 Å². The van der Waals surface area contributed by atoms with E-state index >= 15 is 0 Å². The molecule has 2 aromatic carbocycles. The Morgan fingerprint density at radius 3 is 2.45 bits per heavy atom. The maximum Gasteiger partial charge on any atom is 0.324 e. The molecule has 1 aliphatic heterocycles. The number of carbonyl (C=O) groups is 1. The molecule has 0 amide bonds. The Morgan fingerprint density at radius 2 is 1.87 bits per heavy atom. The molecule has 0 radical (unpaired) electrons. The van der Waals surface area contributed by atoms with Gasteiger partial charge in [0.25, 0.3) is 0 Å². The second-order valence-corrected chi connectivity index (χ2v) is 9.61. The second-order valence-electron chi connectivity index (χ2n) is 7.76. The zero-order valence-electron chi connectivity index (χ0n) is 17.8. The largest absolute Gasteiger partial charge is 0.465 e. The molecule has 0 bridgehead atoms. The quantitative estimate of drug-likeness (QED) is 0.498. The van der Waals surface area contributed by atoms with E-state index < -0.39 is 40.1 Å². The summed E-state index contributed by atoms with van der Waals surface area (Å²) in [5.41, 5.74) is 1.70. The Labute approximate surface area is 184 Å². The summed E-state index contributed by atoms with van der Waals surface area (Å²) in [6, 6.07) is 14.0. The molecule has 0 unspecified atom stereocenters. The molecule has 166 valence electrons.